The molecule has 1 aromatic carbocycles. The molecule has 0 aliphatic carbocycles. The van der Waals surface area contributed by atoms with E-state index < -0.39 is 7.60 Å². The van der Waals surface area contributed by atoms with Gasteiger partial charge in [-0.1, -0.05) is 0 Å². The average Bonchev–Trinajstić information content (AvgIpc) is 2.45. The standard InChI is InChI=1S/C14H21O5P/c1-3-18-20(16,19-4-2)11-5-10-17-14-8-6-13(12-15)7-9-14/h6-9,12H,3-5,10-11H2,1-2H3. The number of ether oxygens (including phenoxy) is 1. The molecule has 0 saturated carbocycles. The molecule has 0 fully saturated rings. The Morgan fingerprint density at radius 3 is 2.20 bits per heavy atom. The van der Waals surface area contributed by atoms with Gasteiger partial charge in [-0.3, -0.25) is 9.36 Å². The zero-order valence-corrected chi connectivity index (χ0v) is 12.8. The number of carbonyl (C=O) groups is 1. The van der Waals surface area contributed by atoms with Crippen LogP contribution in [0.4, 0.5) is 0 Å². The van der Waals surface area contributed by atoms with Gasteiger partial charge in [-0.2, -0.15) is 0 Å². The van der Waals surface area contributed by atoms with E-state index in [1.165, 1.54) is 0 Å². The van der Waals surface area contributed by atoms with Crippen molar-refractivity contribution in [3.63, 3.8) is 0 Å². The van der Waals surface area contributed by atoms with E-state index in [1.807, 2.05) is 0 Å². The highest BCUT2D eigenvalue weighted by molar-refractivity contribution is 7.53. The largest absolute Gasteiger partial charge is 0.494 e. The third-order valence-corrected chi connectivity index (χ3v) is 4.68. The summed E-state index contributed by atoms with van der Waals surface area (Å²) >= 11 is 0. The predicted molar refractivity (Wildman–Crippen MR) is 77.7 cm³/mol. The molecule has 0 N–H and O–H groups in total. The molecule has 0 aliphatic rings. The van der Waals surface area contributed by atoms with Crippen molar-refractivity contribution in [3.8, 4) is 5.75 Å². The minimum Gasteiger partial charge on any atom is -0.494 e. The van der Waals surface area contributed by atoms with Crippen LogP contribution in [0, 0.1) is 0 Å². The summed E-state index contributed by atoms with van der Waals surface area (Å²) in [6, 6.07) is 6.84. The van der Waals surface area contributed by atoms with Crippen LogP contribution in [0.2, 0.25) is 0 Å². The summed E-state index contributed by atoms with van der Waals surface area (Å²) in [6.07, 6.45) is 1.69. The van der Waals surface area contributed by atoms with Gasteiger partial charge in [-0.05, 0) is 44.5 Å². The summed E-state index contributed by atoms with van der Waals surface area (Å²) in [6.45, 7) is 4.73. The first-order valence-electron chi connectivity index (χ1n) is 6.69. The van der Waals surface area contributed by atoms with Crippen LogP contribution in [0.3, 0.4) is 0 Å². The maximum Gasteiger partial charge on any atom is 0.330 e. The molecule has 0 atom stereocenters. The Bertz CT molecular complexity index is 433. The van der Waals surface area contributed by atoms with Crippen LogP contribution >= 0.6 is 7.60 Å². The first-order valence-corrected chi connectivity index (χ1v) is 8.42. The first kappa shape index (κ1) is 16.9. The molecule has 0 unspecified atom stereocenters. The van der Waals surface area contributed by atoms with E-state index in [0.29, 0.717) is 43.7 Å². The fourth-order valence-corrected chi connectivity index (χ4v) is 3.29. The summed E-state index contributed by atoms with van der Waals surface area (Å²) in [5.74, 6) is 0.679. The molecule has 0 aromatic heterocycles. The number of carbonyl (C=O) groups excluding carboxylic acids is 1. The Labute approximate surface area is 119 Å². The van der Waals surface area contributed by atoms with Gasteiger partial charge >= 0.3 is 7.60 Å². The summed E-state index contributed by atoms with van der Waals surface area (Å²) in [5.41, 5.74) is 0.606. The van der Waals surface area contributed by atoms with Crippen LogP contribution in [0.5, 0.6) is 5.75 Å². The molecule has 0 bridgehead atoms. The minimum atomic E-state index is -2.98. The van der Waals surface area contributed by atoms with Crippen LogP contribution in [0.1, 0.15) is 30.6 Å². The molecule has 1 rings (SSSR count). The third kappa shape index (κ3) is 5.87. The average molecular weight is 300 g/mol. The maximum atomic E-state index is 12.2. The van der Waals surface area contributed by atoms with Crippen LogP contribution < -0.4 is 4.74 Å². The Morgan fingerprint density at radius 1 is 1.10 bits per heavy atom. The fraction of sp³-hybridized carbons (Fsp3) is 0.500. The second-order valence-corrected chi connectivity index (χ2v) is 6.24. The quantitative estimate of drug-likeness (QED) is 0.376. The topological polar surface area (TPSA) is 61.8 Å². The van der Waals surface area contributed by atoms with E-state index in [2.05, 4.69) is 0 Å². The van der Waals surface area contributed by atoms with Gasteiger partial charge in [0.25, 0.3) is 0 Å². The minimum absolute atomic E-state index is 0.334. The van der Waals surface area contributed by atoms with E-state index in [0.717, 1.165) is 6.29 Å². The Morgan fingerprint density at radius 2 is 1.70 bits per heavy atom. The highest BCUT2D eigenvalue weighted by Crippen LogP contribution is 2.48. The molecular weight excluding hydrogens is 279 g/mol. The zero-order chi connectivity index (χ0) is 14.8. The molecule has 0 radical (unpaired) electrons. The van der Waals surface area contributed by atoms with Gasteiger partial charge in [-0.25, -0.2) is 0 Å². The lowest BCUT2D eigenvalue weighted by atomic mass is 10.2. The second-order valence-electron chi connectivity index (χ2n) is 4.06. The van der Waals surface area contributed by atoms with Gasteiger partial charge in [0.05, 0.1) is 26.0 Å². The van der Waals surface area contributed by atoms with Gasteiger partial charge in [-0.15, -0.1) is 0 Å². The molecule has 112 valence electrons. The lowest BCUT2D eigenvalue weighted by molar-refractivity contribution is 0.112. The maximum absolute atomic E-state index is 12.2. The first-order chi connectivity index (χ1) is 9.63. The Kier molecular flexibility index (Phi) is 7.52. The molecule has 0 saturated heterocycles. The molecule has 0 amide bonds. The van der Waals surface area contributed by atoms with Gasteiger partial charge in [0.1, 0.15) is 12.0 Å². The molecule has 0 heterocycles. The highest BCUT2D eigenvalue weighted by atomic mass is 31.2. The lowest BCUT2D eigenvalue weighted by Gasteiger charge is -2.16. The van der Waals surface area contributed by atoms with E-state index in [1.54, 1.807) is 38.1 Å². The van der Waals surface area contributed by atoms with Crippen molar-refractivity contribution in [1.82, 2.24) is 0 Å². The van der Waals surface area contributed by atoms with Crippen LogP contribution in [-0.4, -0.2) is 32.3 Å². The predicted octanol–water partition coefficient (Wildman–Crippen LogP) is 3.53. The SMILES string of the molecule is CCOP(=O)(CCCOc1ccc(C=O)cc1)OCC. The number of rotatable bonds is 10. The highest BCUT2D eigenvalue weighted by Gasteiger charge is 2.22. The normalized spacial score (nSPS) is 11.3. The van der Waals surface area contributed by atoms with E-state index in [4.69, 9.17) is 13.8 Å². The number of hydrogen-bond acceptors (Lipinski definition) is 5. The van der Waals surface area contributed by atoms with Crippen molar-refractivity contribution < 1.29 is 23.1 Å². The molecule has 1 aromatic rings. The van der Waals surface area contributed by atoms with Crippen molar-refractivity contribution in [2.45, 2.75) is 20.3 Å². The van der Waals surface area contributed by atoms with Crippen molar-refractivity contribution in [3.05, 3.63) is 29.8 Å². The molecule has 0 aliphatic heterocycles. The smallest absolute Gasteiger partial charge is 0.330 e. The Hall–Kier alpha value is -1.16. The molecular formula is C14H21O5P. The van der Waals surface area contributed by atoms with Gasteiger partial charge < -0.3 is 13.8 Å². The number of hydrogen-bond donors (Lipinski definition) is 0. The fourth-order valence-electron chi connectivity index (χ4n) is 1.65. The molecule has 20 heavy (non-hydrogen) atoms. The summed E-state index contributed by atoms with van der Waals surface area (Å²) in [7, 11) is -2.98. The zero-order valence-electron chi connectivity index (χ0n) is 11.9. The van der Waals surface area contributed by atoms with Gasteiger partial charge in [0.15, 0.2) is 0 Å². The van der Waals surface area contributed by atoms with Crippen LogP contribution in [0.15, 0.2) is 24.3 Å². The molecule has 0 spiro atoms. The second kappa shape index (κ2) is 8.90. The summed E-state index contributed by atoms with van der Waals surface area (Å²) in [4.78, 5) is 10.5. The van der Waals surface area contributed by atoms with E-state index >= 15 is 0 Å². The number of aldehydes is 1. The van der Waals surface area contributed by atoms with Crippen molar-refractivity contribution in [1.29, 1.82) is 0 Å². The molecule has 6 heteroatoms. The molecule has 5 nitrogen and oxygen atoms in total. The van der Waals surface area contributed by atoms with Crippen LogP contribution in [-0.2, 0) is 13.6 Å². The Balaban J connectivity index is 2.35. The summed E-state index contributed by atoms with van der Waals surface area (Å²) < 4.78 is 28.1. The summed E-state index contributed by atoms with van der Waals surface area (Å²) in [5, 5.41) is 0. The van der Waals surface area contributed by atoms with Crippen molar-refractivity contribution >= 4 is 13.9 Å². The van der Waals surface area contributed by atoms with Gasteiger partial charge in [0.2, 0.25) is 0 Å². The van der Waals surface area contributed by atoms with E-state index in [9.17, 15) is 9.36 Å². The number of benzene rings is 1. The lowest BCUT2D eigenvalue weighted by Crippen LogP contribution is -2.05. The third-order valence-electron chi connectivity index (χ3n) is 2.51. The van der Waals surface area contributed by atoms with Crippen molar-refractivity contribution in [2.75, 3.05) is 26.0 Å². The van der Waals surface area contributed by atoms with Crippen LogP contribution in [0.25, 0.3) is 0 Å². The monoisotopic (exact) mass is 300 g/mol. The van der Waals surface area contributed by atoms with E-state index in [-0.39, 0.29) is 0 Å². The van der Waals surface area contributed by atoms with Crippen molar-refractivity contribution in [2.24, 2.45) is 0 Å². The van der Waals surface area contributed by atoms with Gasteiger partial charge in [0, 0.05) is 5.56 Å².